The highest BCUT2D eigenvalue weighted by Crippen LogP contribution is 2.49. The summed E-state index contributed by atoms with van der Waals surface area (Å²) in [6, 6.07) is 14.4. The normalized spacial score (nSPS) is 19.4. The van der Waals surface area contributed by atoms with Gasteiger partial charge < -0.3 is 20.1 Å². The summed E-state index contributed by atoms with van der Waals surface area (Å²) in [7, 11) is 5.42. The molecule has 2 N–H and O–H groups in total. The van der Waals surface area contributed by atoms with Crippen LogP contribution in [0.5, 0.6) is 11.5 Å². The molecule has 0 amide bonds. The lowest BCUT2D eigenvalue weighted by atomic mass is 10.1. The molecule has 2 aromatic carbocycles. The lowest BCUT2D eigenvalue weighted by Crippen LogP contribution is -2.28. The molecule has 4 rings (SSSR count). The Balaban J connectivity index is 0.00000149. The molecule has 0 bridgehead atoms. The average molecular weight is 485 g/mol. The van der Waals surface area contributed by atoms with Gasteiger partial charge in [-0.05, 0) is 61.9 Å². The zero-order valence-electron chi connectivity index (χ0n) is 19.8. The Morgan fingerprint density at radius 3 is 2.52 bits per heavy atom. The van der Waals surface area contributed by atoms with Gasteiger partial charge in [0.05, 0.1) is 19.6 Å². The third-order valence-electron chi connectivity index (χ3n) is 5.39. The molecule has 2 heterocycles. The van der Waals surface area contributed by atoms with E-state index in [-0.39, 0.29) is 5.37 Å². The predicted molar refractivity (Wildman–Crippen MR) is 145 cm³/mol. The highest BCUT2D eigenvalue weighted by atomic mass is 32.2. The fraction of sp³-hybridized carbons (Fsp3) is 0.360. The second-order valence-electron chi connectivity index (χ2n) is 7.37. The maximum absolute atomic E-state index is 5.52. The van der Waals surface area contributed by atoms with Crippen molar-refractivity contribution in [2.24, 2.45) is 4.99 Å². The highest BCUT2D eigenvalue weighted by molar-refractivity contribution is 8.03. The van der Waals surface area contributed by atoms with E-state index in [1.165, 1.54) is 10.5 Å². The van der Waals surface area contributed by atoms with Gasteiger partial charge in [0.1, 0.15) is 0 Å². The topological polar surface area (TPSA) is 58.1 Å². The molecular formula is C25H32N4O2S2. The molecule has 2 aliphatic heterocycles. The number of fused-ring (bicyclic) bond motifs is 1. The fourth-order valence-corrected chi connectivity index (χ4v) is 5.48. The summed E-state index contributed by atoms with van der Waals surface area (Å²) in [5, 5.41) is 7.27. The van der Waals surface area contributed by atoms with E-state index in [1.54, 1.807) is 14.2 Å². The van der Waals surface area contributed by atoms with Crippen molar-refractivity contribution in [2.45, 2.75) is 38.1 Å². The monoisotopic (exact) mass is 484 g/mol. The molecule has 0 saturated carbocycles. The van der Waals surface area contributed by atoms with Crippen LogP contribution < -0.4 is 20.1 Å². The fourth-order valence-electron chi connectivity index (χ4n) is 3.83. The average Bonchev–Trinajstić information content (AvgIpc) is 2.99. The van der Waals surface area contributed by atoms with Gasteiger partial charge in [-0.15, -0.1) is 11.8 Å². The first-order valence-electron chi connectivity index (χ1n) is 11.1. The summed E-state index contributed by atoms with van der Waals surface area (Å²) in [6.07, 6.45) is 6.14. The van der Waals surface area contributed by atoms with E-state index < -0.39 is 0 Å². The molecular weight excluding hydrogens is 452 g/mol. The standard InChI is InChI=1S/C23H26N4O2S2.C2H6/c1-27-18-8-5-11-24-14-21(18)31-22(27)15-6-4-7-16(12-15)25-23(30)26-17-9-10-19(28-2)20(13-17)29-3;1-2/h4,6-7,9-14,18,22H,5,8H2,1-3H3,(H2,25,26,30);1-2H3. The largest absolute Gasteiger partial charge is 0.493 e. The second-order valence-corrected chi connectivity index (χ2v) is 8.93. The number of aliphatic imine (C=N–C) groups is 1. The van der Waals surface area contributed by atoms with Crippen molar-refractivity contribution in [3.05, 3.63) is 59.1 Å². The van der Waals surface area contributed by atoms with Crippen molar-refractivity contribution in [3.63, 3.8) is 0 Å². The predicted octanol–water partition coefficient (Wildman–Crippen LogP) is 6.29. The van der Waals surface area contributed by atoms with Crippen LogP contribution in [0, 0.1) is 0 Å². The number of nitrogens with one attached hydrogen (secondary N) is 2. The SMILES string of the molecule is CC.COc1ccc(NC(=S)Nc2cccc(C3SC4=CN=CCCC4N3C)c2)cc1OC. The van der Waals surface area contributed by atoms with Crippen molar-refractivity contribution < 1.29 is 9.47 Å². The molecule has 1 saturated heterocycles. The van der Waals surface area contributed by atoms with Gasteiger partial charge in [-0.1, -0.05) is 26.0 Å². The first-order chi connectivity index (χ1) is 16.1. The van der Waals surface area contributed by atoms with Gasteiger partial charge in [0.2, 0.25) is 0 Å². The number of likely N-dealkylation sites (N-methyl/N-ethyl adjacent to an activating group) is 1. The number of anilines is 2. The van der Waals surface area contributed by atoms with Crippen LogP contribution in [0.1, 0.15) is 37.6 Å². The molecule has 176 valence electrons. The molecule has 2 aromatic rings. The Bertz CT molecular complexity index is 1030. The van der Waals surface area contributed by atoms with E-state index in [2.05, 4.69) is 45.8 Å². The number of benzene rings is 2. The second kappa shape index (κ2) is 12.1. The molecule has 2 unspecified atom stereocenters. The zero-order chi connectivity index (χ0) is 23.8. The maximum atomic E-state index is 5.52. The van der Waals surface area contributed by atoms with Gasteiger partial charge in [0, 0.05) is 40.8 Å². The highest BCUT2D eigenvalue weighted by Gasteiger charge is 2.36. The quantitative estimate of drug-likeness (QED) is 0.484. The minimum atomic E-state index is 0.263. The van der Waals surface area contributed by atoms with E-state index in [0.717, 1.165) is 24.2 Å². The van der Waals surface area contributed by atoms with E-state index in [0.29, 0.717) is 22.7 Å². The summed E-state index contributed by atoms with van der Waals surface area (Å²) in [4.78, 5) is 8.18. The molecule has 2 atom stereocenters. The number of methoxy groups -OCH3 is 2. The van der Waals surface area contributed by atoms with Crippen molar-refractivity contribution in [1.29, 1.82) is 0 Å². The Kier molecular flexibility index (Phi) is 9.17. The van der Waals surface area contributed by atoms with Crippen LogP contribution in [0.3, 0.4) is 0 Å². The van der Waals surface area contributed by atoms with Crippen LogP contribution in [-0.4, -0.2) is 43.5 Å². The molecule has 6 nitrogen and oxygen atoms in total. The van der Waals surface area contributed by atoms with Gasteiger partial charge in [0.25, 0.3) is 0 Å². The Hall–Kier alpha value is -2.55. The van der Waals surface area contributed by atoms with Crippen LogP contribution in [0.2, 0.25) is 0 Å². The van der Waals surface area contributed by atoms with Crippen molar-refractivity contribution in [2.75, 3.05) is 31.9 Å². The molecule has 0 radical (unpaired) electrons. The summed E-state index contributed by atoms with van der Waals surface area (Å²) >= 11 is 7.40. The van der Waals surface area contributed by atoms with E-state index >= 15 is 0 Å². The number of thioether (sulfide) groups is 1. The third kappa shape index (κ3) is 6.07. The van der Waals surface area contributed by atoms with E-state index in [4.69, 9.17) is 21.7 Å². The third-order valence-corrected chi connectivity index (χ3v) is 7.07. The number of nitrogens with zero attached hydrogens (tertiary/aromatic N) is 2. The molecule has 8 heteroatoms. The first-order valence-corrected chi connectivity index (χ1v) is 12.4. The molecule has 0 aromatic heterocycles. The summed E-state index contributed by atoms with van der Waals surface area (Å²) in [5.41, 5.74) is 3.01. The molecule has 2 aliphatic rings. The van der Waals surface area contributed by atoms with Gasteiger partial charge >= 0.3 is 0 Å². The summed E-state index contributed by atoms with van der Waals surface area (Å²) < 4.78 is 10.6. The molecule has 0 spiro atoms. The molecule has 1 fully saturated rings. The smallest absolute Gasteiger partial charge is 0.175 e. The van der Waals surface area contributed by atoms with Gasteiger partial charge in [0.15, 0.2) is 16.6 Å². The van der Waals surface area contributed by atoms with Crippen LogP contribution >= 0.6 is 24.0 Å². The zero-order valence-corrected chi connectivity index (χ0v) is 21.4. The number of hydrogen-bond acceptors (Lipinski definition) is 6. The lowest BCUT2D eigenvalue weighted by Gasteiger charge is -2.24. The minimum absolute atomic E-state index is 0.263. The summed E-state index contributed by atoms with van der Waals surface area (Å²) in [5.74, 6) is 1.32. The molecule has 33 heavy (non-hydrogen) atoms. The Morgan fingerprint density at radius 2 is 1.79 bits per heavy atom. The van der Waals surface area contributed by atoms with Gasteiger partial charge in [-0.2, -0.15) is 0 Å². The lowest BCUT2D eigenvalue weighted by molar-refractivity contribution is 0.270. The van der Waals surface area contributed by atoms with Crippen LogP contribution in [0.15, 0.2) is 58.6 Å². The van der Waals surface area contributed by atoms with Crippen molar-refractivity contribution in [1.82, 2.24) is 4.90 Å². The molecule has 0 aliphatic carbocycles. The Morgan fingerprint density at radius 1 is 1.06 bits per heavy atom. The van der Waals surface area contributed by atoms with Crippen LogP contribution in [-0.2, 0) is 0 Å². The number of ether oxygens (including phenoxy) is 2. The van der Waals surface area contributed by atoms with Gasteiger partial charge in [-0.25, -0.2) is 0 Å². The summed E-state index contributed by atoms with van der Waals surface area (Å²) in [6.45, 7) is 4.00. The van der Waals surface area contributed by atoms with Crippen LogP contribution in [0.25, 0.3) is 0 Å². The van der Waals surface area contributed by atoms with Crippen molar-refractivity contribution >= 4 is 46.7 Å². The van der Waals surface area contributed by atoms with Crippen LogP contribution in [0.4, 0.5) is 11.4 Å². The van der Waals surface area contributed by atoms with Crippen molar-refractivity contribution in [3.8, 4) is 11.5 Å². The van der Waals surface area contributed by atoms with Gasteiger partial charge in [-0.3, -0.25) is 9.89 Å². The first kappa shape index (κ1) is 25.1. The number of rotatable bonds is 5. The number of hydrogen-bond donors (Lipinski definition) is 2. The van der Waals surface area contributed by atoms with E-state index in [1.807, 2.05) is 62.3 Å². The minimum Gasteiger partial charge on any atom is -0.493 e. The number of thiocarbonyl (C=S) groups is 1. The van der Waals surface area contributed by atoms with E-state index in [9.17, 15) is 0 Å². The Labute approximate surface area is 206 Å². The maximum Gasteiger partial charge on any atom is 0.175 e.